The molecule has 3 rings (SSSR count). The minimum absolute atomic E-state index is 0.191. The van der Waals surface area contributed by atoms with Crippen LogP contribution < -0.4 is 10.6 Å². The van der Waals surface area contributed by atoms with Crippen LogP contribution in [0.1, 0.15) is 23.5 Å². The van der Waals surface area contributed by atoms with Crippen LogP contribution in [-0.2, 0) is 11.2 Å². The predicted octanol–water partition coefficient (Wildman–Crippen LogP) is 1.20. The van der Waals surface area contributed by atoms with Crippen molar-refractivity contribution >= 4 is 11.6 Å². The van der Waals surface area contributed by atoms with Gasteiger partial charge in [-0.1, -0.05) is 12.1 Å². The molecule has 0 bridgehead atoms. The summed E-state index contributed by atoms with van der Waals surface area (Å²) in [7, 11) is 4.02. The van der Waals surface area contributed by atoms with Crippen molar-refractivity contribution in [2.75, 3.05) is 38.6 Å². The number of fused-ring (bicyclic) bond motifs is 1. The Labute approximate surface area is 120 Å². The van der Waals surface area contributed by atoms with Crippen LogP contribution in [0, 0.1) is 5.92 Å². The van der Waals surface area contributed by atoms with Crippen molar-refractivity contribution in [2.45, 2.75) is 18.8 Å². The van der Waals surface area contributed by atoms with Crippen LogP contribution in [0.15, 0.2) is 18.2 Å². The molecule has 20 heavy (non-hydrogen) atoms. The van der Waals surface area contributed by atoms with E-state index in [0.29, 0.717) is 18.3 Å². The highest BCUT2D eigenvalue weighted by atomic mass is 16.2. The summed E-state index contributed by atoms with van der Waals surface area (Å²) < 4.78 is 0. The normalized spacial score (nSPS) is 26.9. The summed E-state index contributed by atoms with van der Waals surface area (Å²) in [5.41, 5.74) is 9.55. The number of carbonyl (C=O) groups excluding carboxylic acids is 1. The predicted molar refractivity (Wildman–Crippen MR) is 81.0 cm³/mol. The zero-order valence-electron chi connectivity index (χ0n) is 12.3. The highest BCUT2D eigenvalue weighted by Gasteiger charge is 2.30. The molecule has 4 heteroatoms. The SMILES string of the molecule is CN1CCC(c2ccc3c(c2)CC(=O)N3C)C(CN)C1. The maximum Gasteiger partial charge on any atom is 0.231 e. The van der Waals surface area contributed by atoms with Gasteiger partial charge in [0.05, 0.1) is 6.42 Å². The number of nitrogens with zero attached hydrogens (tertiary/aromatic N) is 2. The zero-order chi connectivity index (χ0) is 14.3. The van der Waals surface area contributed by atoms with E-state index in [4.69, 9.17) is 5.73 Å². The highest BCUT2D eigenvalue weighted by molar-refractivity contribution is 6.00. The van der Waals surface area contributed by atoms with E-state index in [1.807, 2.05) is 7.05 Å². The van der Waals surface area contributed by atoms with Gasteiger partial charge in [0.1, 0.15) is 0 Å². The van der Waals surface area contributed by atoms with Gasteiger partial charge >= 0.3 is 0 Å². The molecule has 1 aromatic rings. The number of hydrogen-bond acceptors (Lipinski definition) is 3. The van der Waals surface area contributed by atoms with Crippen molar-refractivity contribution < 1.29 is 4.79 Å². The van der Waals surface area contributed by atoms with Gasteiger partial charge in [-0.3, -0.25) is 4.79 Å². The number of amides is 1. The molecule has 2 N–H and O–H groups in total. The number of likely N-dealkylation sites (tertiary alicyclic amines) is 1. The van der Waals surface area contributed by atoms with E-state index < -0.39 is 0 Å². The average Bonchev–Trinajstić information content (AvgIpc) is 2.73. The van der Waals surface area contributed by atoms with Crippen LogP contribution >= 0.6 is 0 Å². The Hall–Kier alpha value is -1.39. The molecule has 2 aliphatic heterocycles. The number of likely N-dealkylation sites (N-methyl/N-ethyl adjacent to an activating group) is 1. The average molecular weight is 273 g/mol. The van der Waals surface area contributed by atoms with E-state index in [9.17, 15) is 4.79 Å². The molecule has 0 saturated carbocycles. The molecule has 0 aliphatic carbocycles. The summed E-state index contributed by atoms with van der Waals surface area (Å²) in [6.45, 7) is 2.92. The quantitative estimate of drug-likeness (QED) is 0.881. The number of hydrogen-bond donors (Lipinski definition) is 1. The summed E-state index contributed by atoms with van der Waals surface area (Å²) in [6, 6.07) is 6.52. The fourth-order valence-corrected chi connectivity index (χ4v) is 3.61. The van der Waals surface area contributed by atoms with Crippen LogP contribution in [-0.4, -0.2) is 44.5 Å². The summed E-state index contributed by atoms with van der Waals surface area (Å²) in [5, 5.41) is 0. The van der Waals surface area contributed by atoms with Crippen molar-refractivity contribution in [1.29, 1.82) is 0 Å². The summed E-state index contributed by atoms with van der Waals surface area (Å²) in [5.74, 6) is 1.24. The van der Waals surface area contributed by atoms with Crippen molar-refractivity contribution in [1.82, 2.24) is 4.90 Å². The van der Waals surface area contributed by atoms with Crippen LogP contribution in [0.3, 0.4) is 0 Å². The van der Waals surface area contributed by atoms with E-state index in [-0.39, 0.29) is 5.91 Å². The monoisotopic (exact) mass is 273 g/mol. The van der Waals surface area contributed by atoms with E-state index in [0.717, 1.165) is 31.7 Å². The second-order valence-electron chi connectivity index (χ2n) is 6.17. The molecule has 2 unspecified atom stereocenters. The molecule has 1 saturated heterocycles. The lowest BCUT2D eigenvalue weighted by Gasteiger charge is -2.36. The van der Waals surface area contributed by atoms with E-state index >= 15 is 0 Å². The molecule has 108 valence electrons. The van der Waals surface area contributed by atoms with Gasteiger partial charge in [0.2, 0.25) is 5.91 Å². The maximum absolute atomic E-state index is 11.8. The number of rotatable bonds is 2. The Kier molecular flexibility index (Phi) is 3.52. The number of anilines is 1. The molecule has 2 heterocycles. The molecule has 2 atom stereocenters. The molecule has 0 aromatic heterocycles. The molecule has 1 fully saturated rings. The summed E-state index contributed by atoms with van der Waals surface area (Å²) >= 11 is 0. The maximum atomic E-state index is 11.8. The topological polar surface area (TPSA) is 49.6 Å². The minimum atomic E-state index is 0.191. The Morgan fingerprint density at radius 3 is 2.90 bits per heavy atom. The van der Waals surface area contributed by atoms with Crippen molar-refractivity contribution in [2.24, 2.45) is 11.7 Å². The first-order valence-corrected chi connectivity index (χ1v) is 7.38. The molecule has 0 spiro atoms. The van der Waals surface area contributed by atoms with Crippen LogP contribution in [0.5, 0.6) is 0 Å². The van der Waals surface area contributed by atoms with Gasteiger partial charge in [0.15, 0.2) is 0 Å². The Morgan fingerprint density at radius 1 is 1.35 bits per heavy atom. The van der Waals surface area contributed by atoms with Gasteiger partial charge in [-0.15, -0.1) is 0 Å². The summed E-state index contributed by atoms with van der Waals surface area (Å²) in [6.07, 6.45) is 1.69. The molecular weight excluding hydrogens is 250 g/mol. The number of piperidine rings is 1. The largest absolute Gasteiger partial charge is 0.330 e. The highest BCUT2D eigenvalue weighted by Crippen LogP contribution is 2.36. The van der Waals surface area contributed by atoms with Gasteiger partial charge in [-0.25, -0.2) is 0 Å². The Morgan fingerprint density at radius 2 is 2.15 bits per heavy atom. The Balaban J connectivity index is 1.88. The van der Waals surface area contributed by atoms with Gasteiger partial charge in [-0.05, 0) is 55.6 Å². The lowest BCUT2D eigenvalue weighted by atomic mass is 9.80. The number of benzene rings is 1. The lowest BCUT2D eigenvalue weighted by Crippen LogP contribution is -2.40. The second kappa shape index (κ2) is 5.19. The molecule has 1 amide bonds. The first-order valence-electron chi connectivity index (χ1n) is 7.38. The lowest BCUT2D eigenvalue weighted by molar-refractivity contribution is -0.117. The van der Waals surface area contributed by atoms with Crippen molar-refractivity contribution in [3.05, 3.63) is 29.3 Å². The van der Waals surface area contributed by atoms with Crippen molar-refractivity contribution in [3.8, 4) is 0 Å². The summed E-state index contributed by atoms with van der Waals surface area (Å²) in [4.78, 5) is 15.9. The first kappa shape index (κ1) is 13.6. The van der Waals surface area contributed by atoms with Crippen LogP contribution in [0.4, 0.5) is 5.69 Å². The van der Waals surface area contributed by atoms with E-state index in [1.165, 1.54) is 11.1 Å². The molecule has 0 radical (unpaired) electrons. The molecule has 2 aliphatic rings. The van der Waals surface area contributed by atoms with E-state index in [2.05, 4.69) is 30.1 Å². The van der Waals surface area contributed by atoms with Gasteiger partial charge in [0.25, 0.3) is 0 Å². The van der Waals surface area contributed by atoms with Crippen LogP contribution in [0.2, 0.25) is 0 Å². The zero-order valence-corrected chi connectivity index (χ0v) is 12.3. The fraction of sp³-hybridized carbons (Fsp3) is 0.562. The second-order valence-corrected chi connectivity index (χ2v) is 6.17. The van der Waals surface area contributed by atoms with Gasteiger partial charge < -0.3 is 15.5 Å². The first-order chi connectivity index (χ1) is 9.60. The third-order valence-corrected chi connectivity index (χ3v) is 4.85. The third-order valence-electron chi connectivity index (χ3n) is 4.85. The molecular formula is C16H23N3O. The standard InChI is InChI=1S/C16H23N3O/c1-18-6-5-14(13(9-17)10-18)11-3-4-15-12(7-11)8-16(20)19(15)2/h3-4,7,13-14H,5-6,8-10,17H2,1-2H3. The van der Waals surface area contributed by atoms with Crippen molar-refractivity contribution in [3.63, 3.8) is 0 Å². The molecule has 1 aromatic carbocycles. The number of carbonyl (C=O) groups is 1. The van der Waals surface area contributed by atoms with Gasteiger partial charge in [0, 0.05) is 19.3 Å². The smallest absolute Gasteiger partial charge is 0.231 e. The fourth-order valence-electron chi connectivity index (χ4n) is 3.61. The minimum Gasteiger partial charge on any atom is -0.330 e. The van der Waals surface area contributed by atoms with Gasteiger partial charge in [-0.2, -0.15) is 0 Å². The Bertz CT molecular complexity index is 528. The van der Waals surface area contributed by atoms with E-state index in [1.54, 1.807) is 4.90 Å². The van der Waals surface area contributed by atoms with Crippen LogP contribution in [0.25, 0.3) is 0 Å². The third kappa shape index (κ3) is 2.23. The molecule has 4 nitrogen and oxygen atoms in total. The number of nitrogens with two attached hydrogens (primary N) is 1.